The van der Waals surface area contributed by atoms with Gasteiger partial charge in [0.25, 0.3) is 0 Å². The van der Waals surface area contributed by atoms with E-state index >= 15 is 0 Å². The third-order valence-electron chi connectivity index (χ3n) is 2.26. The molecular weight excluding hydrogens is 200 g/mol. The maximum Gasteiger partial charge on any atom is 0.307 e. The molecule has 0 saturated carbocycles. The molecule has 0 spiro atoms. The molecule has 2 unspecified atom stereocenters. The van der Waals surface area contributed by atoms with Crippen molar-refractivity contribution in [1.82, 2.24) is 10.6 Å². The maximum absolute atomic E-state index is 11.4. The van der Waals surface area contributed by atoms with Crippen LogP contribution in [0.25, 0.3) is 0 Å². The molecule has 2 amide bonds. The fourth-order valence-electron chi connectivity index (χ4n) is 0.858. The van der Waals surface area contributed by atoms with E-state index in [0.717, 1.165) is 0 Å². The van der Waals surface area contributed by atoms with Gasteiger partial charge in [-0.2, -0.15) is 0 Å². The molecule has 0 radical (unpaired) electrons. The van der Waals surface area contributed by atoms with E-state index in [4.69, 9.17) is 5.11 Å². The first kappa shape index (κ1) is 13.4. The van der Waals surface area contributed by atoms with E-state index in [0.29, 0.717) is 0 Å². The number of rotatable bonds is 5. The lowest BCUT2D eigenvalue weighted by Gasteiger charge is -2.15. The summed E-state index contributed by atoms with van der Waals surface area (Å²) in [7, 11) is 1.46. The Morgan fingerprint density at radius 3 is 2.13 bits per heavy atom. The second-order valence-electron chi connectivity index (χ2n) is 3.31. The lowest BCUT2D eigenvalue weighted by Crippen LogP contribution is -2.40. The molecule has 2 atom stereocenters. The van der Waals surface area contributed by atoms with Crippen molar-refractivity contribution in [2.45, 2.75) is 13.8 Å². The molecule has 0 heterocycles. The van der Waals surface area contributed by atoms with E-state index in [1.807, 2.05) is 0 Å². The van der Waals surface area contributed by atoms with E-state index in [-0.39, 0.29) is 12.5 Å². The molecule has 0 aromatic rings. The van der Waals surface area contributed by atoms with Crippen molar-refractivity contribution in [3.8, 4) is 0 Å². The molecule has 6 nitrogen and oxygen atoms in total. The molecule has 3 N–H and O–H groups in total. The van der Waals surface area contributed by atoms with Gasteiger partial charge < -0.3 is 15.7 Å². The zero-order valence-corrected chi connectivity index (χ0v) is 9.03. The number of carboxylic acids is 1. The minimum Gasteiger partial charge on any atom is -0.481 e. The van der Waals surface area contributed by atoms with E-state index in [1.54, 1.807) is 0 Å². The van der Waals surface area contributed by atoms with Crippen molar-refractivity contribution >= 4 is 17.8 Å². The van der Waals surface area contributed by atoms with Crippen LogP contribution in [-0.4, -0.2) is 36.5 Å². The summed E-state index contributed by atoms with van der Waals surface area (Å²) in [5, 5.41) is 13.4. The Hall–Kier alpha value is -1.59. The highest BCUT2D eigenvalue weighted by Gasteiger charge is 2.25. The fraction of sp³-hybridized carbons (Fsp3) is 0.667. The number of carboxylic acid groups (broad SMARTS) is 1. The molecule has 15 heavy (non-hydrogen) atoms. The molecule has 6 heteroatoms. The Bertz CT molecular complexity index is 265. The number of carbonyl (C=O) groups excluding carboxylic acids is 2. The van der Waals surface area contributed by atoms with Crippen LogP contribution in [0.5, 0.6) is 0 Å². The third-order valence-corrected chi connectivity index (χ3v) is 2.26. The van der Waals surface area contributed by atoms with Crippen LogP contribution in [0.1, 0.15) is 13.8 Å². The molecule has 86 valence electrons. The summed E-state index contributed by atoms with van der Waals surface area (Å²) in [5.74, 6) is -3.22. The van der Waals surface area contributed by atoms with Gasteiger partial charge in [0.2, 0.25) is 11.8 Å². The van der Waals surface area contributed by atoms with E-state index < -0.39 is 23.7 Å². The topological polar surface area (TPSA) is 95.5 Å². The number of amides is 2. The number of aliphatic carboxylic acids is 1. The molecule has 0 aromatic carbocycles. The number of hydrogen-bond donors (Lipinski definition) is 3. The monoisotopic (exact) mass is 216 g/mol. The van der Waals surface area contributed by atoms with Crippen molar-refractivity contribution in [3.63, 3.8) is 0 Å². The number of likely N-dealkylation sites (N-methyl/N-ethyl adjacent to an activating group) is 1. The van der Waals surface area contributed by atoms with Gasteiger partial charge in [-0.1, -0.05) is 13.8 Å². The minimum atomic E-state index is -1.03. The van der Waals surface area contributed by atoms with E-state index in [1.165, 1.54) is 20.9 Å². The first-order valence-electron chi connectivity index (χ1n) is 4.61. The highest BCUT2D eigenvalue weighted by atomic mass is 16.4. The van der Waals surface area contributed by atoms with Gasteiger partial charge in [-0.05, 0) is 0 Å². The SMILES string of the molecule is CNC(=O)CNC(=O)C(C)C(C)C(=O)O. The van der Waals surface area contributed by atoms with Crippen molar-refractivity contribution in [2.75, 3.05) is 13.6 Å². The Labute approximate surface area is 88.0 Å². The van der Waals surface area contributed by atoms with Crippen LogP contribution in [0.3, 0.4) is 0 Å². The van der Waals surface area contributed by atoms with Crippen molar-refractivity contribution < 1.29 is 19.5 Å². The van der Waals surface area contributed by atoms with Crippen molar-refractivity contribution in [3.05, 3.63) is 0 Å². The average Bonchev–Trinajstić information content (AvgIpc) is 2.22. The van der Waals surface area contributed by atoms with Crippen LogP contribution in [0, 0.1) is 11.8 Å². The first-order chi connectivity index (χ1) is 6.90. The van der Waals surface area contributed by atoms with Crippen LogP contribution in [0.15, 0.2) is 0 Å². The van der Waals surface area contributed by atoms with Gasteiger partial charge in [0.1, 0.15) is 0 Å². The van der Waals surface area contributed by atoms with Gasteiger partial charge in [-0.3, -0.25) is 14.4 Å². The first-order valence-corrected chi connectivity index (χ1v) is 4.61. The summed E-state index contributed by atoms with van der Waals surface area (Å²) in [6.07, 6.45) is 0. The molecule has 0 bridgehead atoms. The van der Waals surface area contributed by atoms with Crippen LogP contribution in [-0.2, 0) is 14.4 Å². The molecular formula is C9H16N2O4. The van der Waals surface area contributed by atoms with Gasteiger partial charge in [-0.25, -0.2) is 0 Å². The Kier molecular flexibility index (Phi) is 5.36. The lowest BCUT2D eigenvalue weighted by atomic mass is 9.95. The predicted octanol–water partition coefficient (Wildman–Crippen LogP) is -0.795. The summed E-state index contributed by atoms with van der Waals surface area (Å²) in [6.45, 7) is 2.83. The smallest absolute Gasteiger partial charge is 0.307 e. The summed E-state index contributed by atoms with van der Waals surface area (Å²) < 4.78 is 0. The fourth-order valence-corrected chi connectivity index (χ4v) is 0.858. The van der Waals surface area contributed by atoms with Crippen molar-refractivity contribution in [1.29, 1.82) is 0 Å². The Balaban J connectivity index is 4.10. The van der Waals surface area contributed by atoms with Gasteiger partial charge in [0, 0.05) is 13.0 Å². The Morgan fingerprint density at radius 1 is 1.20 bits per heavy atom. The third kappa shape index (κ3) is 4.44. The Morgan fingerprint density at radius 2 is 1.73 bits per heavy atom. The average molecular weight is 216 g/mol. The quantitative estimate of drug-likeness (QED) is 0.561. The normalized spacial score (nSPS) is 13.8. The molecule has 0 aliphatic rings. The van der Waals surface area contributed by atoms with Crippen LogP contribution in [0.2, 0.25) is 0 Å². The van der Waals surface area contributed by atoms with Gasteiger partial charge in [0.05, 0.1) is 12.5 Å². The number of hydrogen-bond acceptors (Lipinski definition) is 3. The minimum absolute atomic E-state index is 0.133. The van der Waals surface area contributed by atoms with Gasteiger partial charge in [0.15, 0.2) is 0 Å². The molecule has 0 aliphatic carbocycles. The van der Waals surface area contributed by atoms with Crippen LogP contribution < -0.4 is 10.6 Å². The number of nitrogens with one attached hydrogen (secondary N) is 2. The zero-order chi connectivity index (χ0) is 12.0. The largest absolute Gasteiger partial charge is 0.481 e. The predicted molar refractivity (Wildman–Crippen MR) is 53.0 cm³/mol. The maximum atomic E-state index is 11.4. The lowest BCUT2D eigenvalue weighted by molar-refractivity contribution is -0.146. The van der Waals surface area contributed by atoms with Crippen LogP contribution in [0.4, 0.5) is 0 Å². The molecule has 0 aliphatic heterocycles. The summed E-state index contributed by atoms with van der Waals surface area (Å²) >= 11 is 0. The molecule has 0 rings (SSSR count). The summed E-state index contributed by atoms with van der Waals surface area (Å²) in [4.78, 5) is 32.7. The second-order valence-corrected chi connectivity index (χ2v) is 3.31. The second kappa shape index (κ2) is 6.00. The molecule has 0 aromatic heterocycles. The highest BCUT2D eigenvalue weighted by Crippen LogP contribution is 2.10. The highest BCUT2D eigenvalue weighted by molar-refractivity contribution is 5.88. The molecule has 0 saturated heterocycles. The van der Waals surface area contributed by atoms with Gasteiger partial charge in [-0.15, -0.1) is 0 Å². The zero-order valence-electron chi connectivity index (χ0n) is 9.03. The molecule has 0 fully saturated rings. The van der Waals surface area contributed by atoms with Crippen LogP contribution >= 0.6 is 0 Å². The van der Waals surface area contributed by atoms with Crippen molar-refractivity contribution in [2.24, 2.45) is 11.8 Å². The van der Waals surface area contributed by atoms with Gasteiger partial charge >= 0.3 is 5.97 Å². The summed E-state index contributed by atoms with van der Waals surface area (Å²) in [5.41, 5.74) is 0. The summed E-state index contributed by atoms with van der Waals surface area (Å²) in [6, 6.07) is 0. The van der Waals surface area contributed by atoms with E-state index in [9.17, 15) is 14.4 Å². The standard InChI is InChI=1S/C9H16N2O4/c1-5(6(2)9(14)15)8(13)11-4-7(12)10-3/h5-6H,4H2,1-3H3,(H,10,12)(H,11,13)(H,14,15). The van der Waals surface area contributed by atoms with E-state index in [2.05, 4.69) is 10.6 Å². The number of carbonyl (C=O) groups is 3.